The van der Waals surface area contributed by atoms with Gasteiger partial charge >= 0.3 is 0 Å². The van der Waals surface area contributed by atoms with Crippen LogP contribution in [0.2, 0.25) is 0 Å². The summed E-state index contributed by atoms with van der Waals surface area (Å²) in [5, 5.41) is 3.00. The highest BCUT2D eigenvalue weighted by Gasteiger charge is 2.31. The van der Waals surface area contributed by atoms with Crippen LogP contribution in [-0.4, -0.2) is 51.4 Å². The van der Waals surface area contributed by atoms with Crippen molar-refractivity contribution < 1.29 is 22.7 Å². The molecule has 0 radical (unpaired) electrons. The number of anilines is 2. The lowest BCUT2D eigenvalue weighted by Crippen LogP contribution is -2.41. The summed E-state index contributed by atoms with van der Waals surface area (Å²) in [4.78, 5) is 27.4. The number of ether oxygens (including phenoxy) is 1. The summed E-state index contributed by atoms with van der Waals surface area (Å²) in [5.74, 6) is -0.370. The molecule has 4 rings (SSSR count). The number of thiophene rings is 1. The smallest absolute Gasteiger partial charge is 0.262 e. The molecular weight excluding hydrogens is 438 g/mol. The zero-order valence-electron chi connectivity index (χ0n) is 17.3. The number of benzene rings is 1. The molecule has 31 heavy (non-hydrogen) atoms. The molecule has 1 aromatic heterocycles. The van der Waals surface area contributed by atoms with Gasteiger partial charge in [0.05, 0.1) is 23.7 Å². The summed E-state index contributed by atoms with van der Waals surface area (Å²) in [6.07, 6.45) is 3.67. The van der Waals surface area contributed by atoms with Crippen molar-refractivity contribution in [2.45, 2.75) is 37.5 Å². The van der Waals surface area contributed by atoms with Gasteiger partial charge in [-0.15, -0.1) is 11.3 Å². The Morgan fingerprint density at radius 1 is 1.06 bits per heavy atom. The highest BCUT2D eigenvalue weighted by atomic mass is 32.2. The molecule has 166 valence electrons. The Bertz CT molecular complexity index is 1090. The van der Waals surface area contributed by atoms with Gasteiger partial charge in [0.15, 0.2) is 0 Å². The number of carbonyl (C=O) groups excluding carboxylic acids is 2. The maximum absolute atomic E-state index is 13.3. The van der Waals surface area contributed by atoms with Gasteiger partial charge in [-0.25, -0.2) is 8.42 Å². The van der Waals surface area contributed by atoms with Crippen LogP contribution in [0.15, 0.2) is 29.2 Å². The molecule has 2 N–H and O–H groups in total. The number of rotatable bonds is 5. The number of aryl methyl sites for hydroxylation is 1. The summed E-state index contributed by atoms with van der Waals surface area (Å²) in [6, 6.07) is 5.94. The van der Waals surface area contributed by atoms with Crippen LogP contribution >= 0.6 is 11.3 Å². The summed E-state index contributed by atoms with van der Waals surface area (Å²) in [7, 11) is -3.89. The van der Waals surface area contributed by atoms with Crippen molar-refractivity contribution in [1.29, 1.82) is 0 Å². The quantitative estimate of drug-likeness (QED) is 0.710. The second-order valence-corrected chi connectivity index (χ2v) is 10.4. The number of amides is 2. The topological polar surface area (TPSA) is 105 Å². The molecule has 1 fully saturated rings. The molecule has 0 atom stereocenters. The van der Waals surface area contributed by atoms with Crippen LogP contribution in [0.1, 0.15) is 40.6 Å². The van der Waals surface area contributed by atoms with Crippen LogP contribution in [0.25, 0.3) is 0 Å². The largest absolute Gasteiger partial charge is 0.378 e. The number of nitrogens with zero attached hydrogens (tertiary/aromatic N) is 1. The van der Waals surface area contributed by atoms with Crippen molar-refractivity contribution in [3.05, 3.63) is 40.3 Å². The molecule has 0 bridgehead atoms. The monoisotopic (exact) mass is 463 g/mol. The van der Waals surface area contributed by atoms with Gasteiger partial charge < -0.3 is 15.0 Å². The molecular formula is C21H25N3O5S2. The summed E-state index contributed by atoms with van der Waals surface area (Å²) in [5.41, 5.74) is 1.98. The molecule has 1 aliphatic heterocycles. The fourth-order valence-electron chi connectivity index (χ4n) is 3.89. The first-order chi connectivity index (χ1) is 14.8. The van der Waals surface area contributed by atoms with Gasteiger partial charge in [0.25, 0.3) is 15.9 Å². The number of hydrogen-bond donors (Lipinski definition) is 2. The van der Waals surface area contributed by atoms with Gasteiger partial charge in [-0.05, 0) is 55.5 Å². The van der Waals surface area contributed by atoms with E-state index in [0.717, 1.165) is 36.1 Å². The maximum Gasteiger partial charge on any atom is 0.262 e. The molecule has 10 heteroatoms. The molecule has 2 aliphatic rings. The molecule has 2 heterocycles. The zero-order valence-corrected chi connectivity index (χ0v) is 18.9. The Morgan fingerprint density at radius 2 is 1.74 bits per heavy atom. The SMILES string of the molecule is CC(=O)Nc1ccc(S(=O)(=O)Nc2sc3c(c2C(=O)N2CCOCC2)CCCC3)cc1. The lowest BCUT2D eigenvalue weighted by molar-refractivity contribution is -0.114. The molecule has 1 aliphatic carbocycles. The van der Waals surface area contributed by atoms with E-state index in [9.17, 15) is 18.0 Å². The summed E-state index contributed by atoms with van der Waals surface area (Å²) in [6.45, 7) is 3.36. The predicted molar refractivity (Wildman–Crippen MR) is 119 cm³/mol. The van der Waals surface area contributed by atoms with Crippen molar-refractivity contribution in [1.82, 2.24) is 4.90 Å². The Morgan fingerprint density at radius 3 is 2.42 bits per heavy atom. The Hall–Kier alpha value is -2.43. The second kappa shape index (κ2) is 8.97. The molecule has 8 nitrogen and oxygen atoms in total. The van der Waals surface area contributed by atoms with Gasteiger partial charge in [-0.1, -0.05) is 0 Å². The molecule has 1 saturated heterocycles. The molecule has 1 aromatic carbocycles. The van der Waals surface area contributed by atoms with E-state index in [1.807, 2.05) is 0 Å². The van der Waals surface area contributed by atoms with Gasteiger partial charge in [-0.3, -0.25) is 14.3 Å². The third kappa shape index (κ3) is 4.76. The predicted octanol–water partition coefficient (Wildman–Crippen LogP) is 2.86. The first-order valence-corrected chi connectivity index (χ1v) is 12.6. The van der Waals surface area contributed by atoms with Crippen LogP contribution in [0.3, 0.4) is 0 Å². The standard InChI is InChI=1S/C21H25N3O5S2/c1-14(25)22-15-6-8-16(9-7-15)31(27,28)23-20-19(17-4-2-3-5-18(17)30-20)21(26)24-10-12-29-13-11-24/h6-9,23H,2-5,10-13H2,1H3,(H,22,25). The molecule has 2 aromatic rings. The van der Waals surface area contributed by atoms with E-state index in [4.69, 9.17) is 4.74 Å². The number of morpholine rings is 1. The zero-order chi connectivity index (χ0) is 22.0. The minimum atomic E-state index is -3.89. The molecule has 0 unspecified atom stereocenters. The number of carbonyl (C=O) groups is 2. The van der Waals surface area contributed by atoms with Gasteiger partial charge in [0.2, 0.25) is 5.91 Å². The van der Waals surface area contributed by atoms with Crippen LogP contribution in [0, 0.1) is 0 Å². The number of sulfonamides is 1. The van der Waals surface area contributed by atoms with E-state index in [1.54, 1.807) is 4.90 Å². The maximum atomic E-state index is 13.3. The fraction of sp³-hybridized carbons (Fsp3) is 0.429. The summed E-state index contributed by atoms with van der Waals surface area (Å²) >= 11 is 1.36. The number of fused-ring (bicyclic) bond motifs is 1. The summed E-state index contributed by atoms with van der Waals surface area (Å²) < 4.78 is 34.1. The van der Waals surface area contributed by atoms with Crippen molar-refractivity contribution in [3.63, 3.8) is 0 Å². The first-order valence-electron chi connectivity index (χ1n) is 10.3. The molecule has 0 saturated carbocycles. The average Bonchev–Trinajstić information content (AvgIpc) is 3.11. The Balaban J connectivity index is 1.65. The van der Waals surface area contributed by atoms with E-state index >= 15 is 0 Å². The minimum Gasteiger partial charge on any atom is -0.378 e. The van der Waals surface area contributed by atoms with Gasteiger partial charge in [-0.2, -0.15) is 0 Å². The van der Waals surface area contributed by atoms with E-state index in [-0.39, 0.29) is 16.7 Å². The second-order valence-electron chi connectivity index (χ2n) is 7.63. The van der Waals surface area contributed by atoms with Crippen LogP contribution in [-0.2, 0) is 32.4 Å². The van der Waals surface area contributed by atoms with Crippen molar-refractivity contribution >= 4 is 43.9 Å². The van der Waals surface area contributed by atoms with Crippen LogP contribution in [0.5, 0.6) is 0 Å². The van der Waals surface area contributed by atoms with Crippen LogP contribution in [0.4, 0.5) is 10.7 Å². The average molecular weight is 464 g/mol. The third-order valence-electron chi connectivity index (χ3n) is 5.40. The van der Waals surface area contributed by atoms with E-state index in [0.29, 0.717) is 42.6 Å². The van der Waals surface area contributed by atoms with Gasteiger partial charge in [0, 0.05) is 30.6 Å². The fourth-order valence-corrected chi connectivity index (χ4v) is 6.48. The Labute approximate surface area is 185 Å². The van der Waals surface area contributed by atoms with Crippen molar-refractivity contribution in [3.8, 4) is 0 Å². The lowest BCUT2D eigenvalue weighted by Gasteiger charge is -2.27. The number of hydrogen-bond acceptors (Lipinski definition) is 6. The van der Waals surface area contributed by atoms with Crippen molar-refractivity contribution in [2.24, 2.45) is 0 Å². The molecule has 0 spiro atoms. The number of nitrogens with one attached hydrogen (secondary N) is 2. The Kier molecular flexibility index (Phi) is 6.31. The highest BCUT2D eigenvalue weighted by molar-refractivity contribution is 7.93. The van der Waals surface area contributed by atoms with Crippen LogP contribution < -0.4 is 10.0 Å². The molecule has 2 amide bonds. The van der Waals surface area contributed by atoms with Gasteiger partial charge in [0.1, 0.15) is 5.00 Å². The lowest BCUT2D eigenvalue weighted by atomic mass is 9.95. The normalized spacial score (nSPS) is 16.5. The van der Waals surface area contributed by atoms with Crippen molar-refractivity contribution in [2.75, 3.05) is 36.3 Å². The third-order valence-corrected chi connectivity index (χ3v) is 8.10. The van der Waals surface area contributed by atoms with E-state index in [2.05, 4.69) is 10.0 Å². The minimum absolute atomic E-state index is 0.0674. The first kappa shape index (κ1) is 21.8. The highest BCUT2D eigenvalue weighted by Crippen LogP contribution is 2.40. The van der Waals surface area contributed by atoms with E-state index in [1.165, 1.54) is 42.5 Å². The van der Waals surface area contributed by atoms with E-state index < -0.39 is 10.0 Å².